The highest BCUT2D eigenvalue weighted by Crippen LogP contribution is 2.30. The Morgan fingerprint density at radius 3 is 2.74 bits per heavy atom. The highest BCUT2D eigenvalue weighted by atomic mass is 32.2. The Balaban J connectivity index is 1.69. The zero-order valence-electron chi connectivity index (χ0n) is 12.7. The number of aromatic hydroxyl groups is 1. The molecule has 0 aliphatic carbocycles. The molecule has 1 aliphatic heterocycles. The minimum absolute atomic E-state index is 0.110. The molecule has 5 heteroatoms. The van der Waals surface area contributed by atoms with Crippen LogP contribution in [0.3, 0.4) is 0 Å². The third-order valence-corrected chi connectivity index (χ3v) is 4.59. The summed E-state index contributed by atoms with van der Waals surface area (Å²) in [6.07, 6.45) is 2.79. The number of hydrogen-bond donors (Lipinski definition) is 3. The third kappa shape index (κ3) is 3.87. The summed E-state index contributed by atoms with van der Waals surface area (Å²) in [5, 5.41) is 15.7. The van der Waals surface area contributed by atoms with Crippen molar-refractivity contribution in [1.82, 2.24) is 5.32 Å². The Hall–Kier alpha value is -2.40. The first-order valence-electron chi connectivity index (χ1n) is 7.48. The maximum atomic E-state index is 12.1. The molecule has 3 rings (SSSR count). The second kappa shape index (κ2) is 6.79. The highest BCUT2D eigenvalue weighted by molar-refractivity contribution is 8.05. The average Bonchev–Trinajstić information content (AvgIpc) is 2.87. The number of phenols is 1. The van der Waals surface area contributed by atoms with E-state index in [9.17, 15) is 9.90 Å². The fraction of sp³-hybridized carbons (Fsp3) is 0.167. The number of anilines is 1. The molecule has 1 amide bonds. The smallest absolute Gasteiger partial charge is 0.260 e. The zero-order valence-corrected chi connectivity index (χ0v) is 13.6. The van der Waals surface area contributed by atoms with Gasteiger partial charge in [0, 0.05) is 5.69 Å². The molecule has 4 nitrogen and oxygen atoms in total. The van der Waals surface area contributed by atoms with Crippen molar-refractivity contribution in [2.24, 2.45) is 0 Å². The maximum absolute atomic E-state index is 12.1. The standard InChI is InChI=1S/C18H18N2O2S/c1-2-12-6-8-14(9-7-12)19-18-20-17(22)16(23-18)11-13-4-3-5-15(21)10-13/h3-11,18-19,21H,2H2,1H3,(H,20,22)/b16-11-/t18-/m0/s1. The molecule has 1 fully saturated rings. The fourth-order valence-electron chi connectivity index (χ4n) is 2.32. The molecule has 2 aromatic rings. The summed E-state index contributed by atoms with van der Waals surface area (Å²) in [5.41, 5.74) is 2.86. The van der Waals surface area contributed by atoms with Crippen LogP contribution in [-0.2, 0) is 11.2 Å². The molecule has 0 saturated carbocycles. The van der Waals surface area contributed by atoms with Gasteiger partial charge < -0.3 is 15.7 Å². The lowest BCUT2D eigenvalue weighted by molar-refractivity contribution is -0.116. The van der Waals surface area contributed by atoms with E-state index >= 15 is 0 Å². The predicted octanol–water partition coefficient (Wildman–Crippen LogP) is 3.55. The van der Waals surface area contributed by atoms with E-state index in [1.807, 2.05) is 18.2 Å². The topological polar surface area (TPSA) is 61.4 Å². The molecule has 0 spiro atoms. The summed E-state index contributed by atoms with van der Waals surface area (Å²) in [6, 6.07) is 15.0. The van der Waals surface area contributed by atoms with Gasteiger partial charge in [0.25, 0.3) is 5.91 Å². The van der Waals surface area contributed by atoms with E-state index in [-0.39, 0.29) is 17.2 Å². The van der Waals surface area contributed by atoms with Gasteiger partial charge in [-0.1, -0.05) is 43.0 Å². The van der Waals surface area contributed by atoms with Gasteiger partial charge in [-0.2, -0.15) is 0 Å². The maximum Gasteiger partial charge on any atom is 0.260 e. The van der Waals surface area contributed by atoms with Crippen LogP contribution in [0.25, 0.3) is 6.08 Å². The van der Waals surface area contributed by atoms with Crippen molar-refractivity contribution in [3.8, 4) is 5.75 Å². The van der Waals surface area contributed by atoms with E-state index in [0.29, 0.717) is 4.91 Å². The molecular weight excluding hydrogens is 308 g/mol. The summed E-state index contributed by atoms with van der Waals surface area (Å²) in [4.78, 5) is 12.7. The molecule has 23 heavy (non-hydrogen) atoms. The van der Waals surface area contributed by atoms with Crippen LogP contribution in [0.1, 0.15) is 18.1 Å². The molecule has 0 bridgehead atoms. The SMILES string of the molecule is CCc1ccc(N[C@H]2NC(=O)/C(=C/c3cccc(O)c3)S2)cc1. The lowest BCUT2D eigenvalue weighted by atomic mass is 10.1. The predicted molar refractivity (Wildman–Crippen MR) is 95.0 cm³/mol. The average molecular weight is 326 g/mol. The molecule has 3 N–H and O–H groups in total. The van der Waals surface area contributed by atoms with Crippen LogP contribution in [0.5, 0.6) is 5.75 Å². The lowest BCUT2D eigenvalue weighted by Gasteiger charge is -2.12. The Kier molecular flexibility index (Phi) is 4.57. The first kappa shape index (κ1) is 15.5. The van der Waals surface area contributed by atoms with Gasteiger partial charge in [-0.15, -0.1) is 0 Å². The molecule has 2 aromatic carbocycles. The van der Waals surface area contributed by atoms with Crippen molar-refractivity contribution in [2.75, 3.05) is 5.32 Å². The number of phenolic OH excluding ortho intramolecular Hbond substituents is 1. The van der Waals surface area contributed by atoms with Crippen molar-refractivity contribution in [3.63, 3.8) is 0 Å². The lowest BCUT2D eigenvalue weighted by Crippen LogP contribution is -2.30. The van der Waals surface area contributed by atoms with Gasteiger partial charge in [-0.25, -0.2) is 0 Å². The monoisotopic (exact) mass is 326 g/mol. The van der Waals surface area contributed by atoms with Crippen molar-refractivity contribution < 1.29 is 9.90 Å². The Morgan fingerprint density at radius 2 is 2.04 bits per heavy atom. The molecule has 0 aromatic heterocycles. The second-order valence-electron chi connectivity index (χ2n) is 5.27. The summed E-state index contributed by atoms with van der Waals surface area (Å²) >= 11 is 1.43. The van der Waals surface area contributed by atoms with Crippen LogP contribution in [0.15, 0.2) is 53.4 Å². The van der Waals surface area contributed by atoms with Crippen LogP contribution in [0, 0.1) is 0 Å². The number of carbonyl (C=O) groups is 1. The van der Waals surface area contributed by atoms with Crippen LogP contribution < -0.4 is 10.6 Å². The molecule has 0 radical (unpaired) electrons. The summed E-state index contributed by atoms with van der Waals surface area (Å²) in [5.74, 6) is 0.0782. The van der Waals surface area contributed by atoms with Crippen molar-refractivity contribution in [3.05, 3.63) is 64.6 Å². The van der Waals surface area contributed by atoms with E-state index < -0.39 is 0 Å². The molecule has 1 saturated heterocycles. The van der Waals surface area contributed by atoms with Crippen molar-refractivity contribution in [2.45, 2.75) is 18.8 Å². The first-order chi connectivity index (χ1) is 11.1. The second-order valence-corrected chi connectivity index (χ2v) is 6.42. The van der Waals surface area contributed by atoms with E-state index in [4.69, 9.17) is 0 Å². The molecule has 1 aliphatic rings. The molecule has 1 heterocycles. The van der Waals surface area contributed by atoms with E-state index in [0.717, 1.165) is 17.7 Å². The minimum atomic E-state index is -0.196. The number of amides is 1. The fourth-order valence-corrected chi connectivity index (χ4v) is 3.30. The van der Waals surface area contributed by atoms with Crippen molar-refractivity contribution in [1.29, 1.82) is 0 Å². The number of benzene rings is 2. The molecule has 1 atom stereocenters. The molecule has 118 valence electrons. The number of hydrogen-bond acceptors (Lipinski definition) is 4. The van der Waals surface area contributed by atoms with E-state index in [1.54, 1.807) is 24.3 Å². The van der Waals surface area contributed by atoms with Crippen LogP contribution in [-0.4, -0.2) is 16.5 Å². The third-order valence-electron chi connectivity index (χ3n) is 3.56. The van der Waals surface area contributed by atoms with Gasteiger partial charge in [-0.05, 0) is 47.9 Å². The van der Waals surface area contributed by atoms with Gasteiger partial charge in [-0.3, -0.25) is 4.79 Å². The highest BCUT2D eigenvalue weighted by Gasteiger charge is 2.27. The van der Waals surface area contributed by atoms with Gasteiger partial charge in [0.05, 0.1) is 4.91 Å². The minimum Gasteiger partial charge on any atom is -0.508 e. The van der Waals surface area contributed by atoms with Crippen LogP contribution in [0.4, 0.5) is 5.69 Å². The number of aryl methyl sites for hydroxylation is 1. The number of rotatable bonds is 4. The summed E-state index contributed by atoms with van der Waals surface area (Å²) in [6.45, 7) is 2.12. The van der Waals surface area contributed by atoms with Crippen LogP contribution in [0.2, 0.25) is 0 Å². The number of nitrogens with one attached hydrogen (secondary N) is 2. The van der Waals surface area contributed by atoms with Crippen molar-refractivity contribution >= 4 is 29.4 Å². The first-order valence-corrected chi connectivity index (χ1v) is 8.36. The molecular formula is C18H18N2O2S. The van der Waals surface area contributed by atoms with Gasteiger partial charge in [0.2, 0.25) is 0 Å². The van der Waals surface area contributed by atoms with E-state index in [1.165, 1.54) is 17.3 Å². The van der Waals surface area contributed by atoms with Gasteiger partial charge >= 0.3 is 0 Å². The van der Waals surface area contributed by atoms with Crippen LogP contribution >= 0.6 is 11.8 Å². The van der Waals surface area contributed by atoms with E-state index in [2.05, 4.69) is 29.7 Å². The number of carbonyl (C=O) groups excluding carboxylic acids is 1. The molecule has 0 unspecified atom stereocenters. The summed E-state index contributed by atoms with van der Waals surface area (Å²) < 4.78 is 0. The number of thioether (sulfide) groups is 1. The Bertz CT molecular complexity index is 741. The Labute approximate surface area is 139 Å². The summed E-state index contributed by atoms with van der Waals surface area (Å²) in [7, 11) is 0. The van der Waals surface area contributed by atoms with Gasteiger partial charge in [0.15, 0.2) is 5.50 Å². The van der Waals surface area contributed by atoms with Gasteiger partial charge in [0.1, 0.15) is 5.75 Å². The largest absolute Gasteiger partial charge is 0.508 e. The quantitative estimate of drug-likeness (QED) is 0.752. The normalized spacial score (nSPS) is 18.9. The Morgan fingerprint density at radius 1 is 1.26 bits per heavy atom. The zero-order chi connectivity index (χ0) is 16.2.